The summed E-state index contributed by atoms with van der Waals surface area (Å²) in [5, 5.41) is 12.7. The molecule has 8 nitrogen and oxygen atoms in total. The molecule has 0 fully saturated rings. The van der Waals surface area contributed by atoms with E-state index < -0.39 is 0 Å². The van der Waals surface area contributed by atoms with Crippen molar-refractivity contribution in [3.05, 3.63) is 304 Å². The summed E-state index contributed by atoms with van der Waals surface area (Å²) < 4.78 is 0. The van der Waals surface area contributed by atoms with E-state index >= 15 is 0 Å². The SMILES string of the molecule is c1ccc(N(c2cc3ccccc3cn2)c2cc(N(c3ccccc3)c3cc4ccccc4cn3)c3ccc4c(N(c5ccccc5)c5ccc6ccccc6n5)cc(N(c5ccccc5)c5ccc6ccccc6n5)c5ccc2c3c54)cc1. The fourth-order valence-corrected chi connectivity index (χ4v) is 12.3. The van der Waals surface area contributed by atoms with Gasteiger partial charge in [-0.1, -0.05) is 182 Å². The van der Waals surface area contributed by atoms with Crippen molar-refractivity contribution in [1.82, 2.24) is 19.9 Å². The minimum absolute atomic E-state index is 0.785. The molecule has 0 atom stereocenters. The Morgan fingerprint density at radius 1 is 0.214 bits per heavy atom. The second-order valence-corrected chi connectivity index (χ2v) is 21.1. The summed E-state index contributed by atoms with van der Waals surface area (Å²) >= 11 is 0. The van der Waals surface area contributed by atoms with Crippen molar-refractivity contribution in [3.63, 3.8) is 0 Å². The maximum atomic E-state index is 5.49. The zero-order valence-electron chi connectivity index (χ0n) is 45.4. The third-order valence-electron chi connectivity index (χ3n) is 16.1. The summed E-state index contributed by atoms with van der Waals surface area (Å²) in [5.74, 6) is 3.14. The van der Waals surface area contributed by atoms with Gasteiger partial charge in [0.05, 0.1) is 33.8 Å². The highest BCUT2D eigenvalue weighted by molar-refractivity contribution is 6.33. The topological polar surface area (TPSA) is 64.5 Å². The average Bonchev–Trinajstić information content (AvgIpc) is 1.24. The van der Waals surface area contributed by atoms with Crippen molar-refractivity contribution in [2.75, 3.05) is 19.6 Å². The first kappa shape index (κ1) is 48.4. The summed E-state index contributed by atoms with van der Waals surface area (Å²) in [5.41, 5.74) is 9.45. The predicted octanol–water partition coefficient (Wildman–Crippen LogP) is 20.7. The van der Waals surface area contributed by atoms with E-state index in [4.69, 9.17) is 19.9 Å². The molecule has 0 spiro atoms. The van der Waals surface area contributed by atoms with Crippen molar-refractivity contribution in [3.8, 4) is 0 Å². The first-order chi connectivity index (χ1) is 41.7. The summed E-state index contributed by atoms with van der Waals surface area (Å²) in [6, 6.07) is 103. The lowest BCUT2D eigenvalue weighted by Crippen LogP contribution is -2.17. The van der Waals surface area contributed by atoms with Gasteiger partial charge in [-0.25, -0.2) is 19.9 Å². The van der Waals surface area contributed by atoms with Crippen LogP contribution in [0.25, 0.3) is 75.7 Å². The highest BCUT2D eigenvalue weighted by Crippen LogP contribution is 2.55. The molecular formula is C76H50N8. The van der Waals surface area contributed by atoms with Gasteiger partial charge < -0.3 is 0 Å². The van der Waals surface area contributed by atoms with Crippen LogP contribution in [-0.4, -0.2) is 19.9 Å². The number of hydrogen-bond acceptors (Lipinski definition) is 8. The van der Waals surface area contributed by atoms with Gasteiger partial charge >= 0.3 is 0 Å². The second kappa shape index (κ2) is 20.3. The molecule has 0 amide bonds. The predicted molar refractivity (Wildman–Crippen MR) is 350 cm³/mol. The molecule has 16 aromatic rings. The van der Waals surface area contributed by atoms with Crippen LogP contribution in [0.1, 0.15) is 0 Å². The van der Waals surface area contributed by atoms with Gasteiger partial charge in [0, 0.05) is 89.0 Å². The summed E-state index contributed by atoms with van der Waals surface area (Å²) in [7, 11) is 0. The van der Waals surface area contributed by atoms with Crippen LogP contribution >= 0.6 is 0 Å². The smallest absolute Gasteiger partial charge is 0.138 e. The van der Waals surface area contributed by atoms with E-state index in [1.54, 1.807) is 0 Å². The molecule has 0 saturated carbocycles. The lowest BCUT2D eigenvalue weighted by Gasteiger charge is -2.33. The summed E-state index contributed by atoms with van der Waals surface area (Å²) in [4.78, 5) is 30.9. The molecule has 0 saturated heterocycles. The number of benzene rings is 12. The number of fused-ring (bicyclic) bond motifs is 4. The largest absolute Gasteiger partial charge is 0.294 e. The van der Waals surface area contributed by atoms with Crippen LogP contribution in [-0.2, 0) is 0 Å². The van der Waals surface area contributed by atoms with E-state index in [-0.39, 0.29) is 0 Å². The highest BCUT2D eigenvalue weighted by atomic mass is 15.2. The standard InChI is InChI=1S/C76H50N8/c1-5-27-57(28-6-1)81(71-43-37-51-21-17-19-35-65(51)79-71)67-47-68(82(58-29-7-2-8-30-58)72-44-38-52-22-18-20-36-66(52)80-72)62-40-42-64-70(84(60-33-11-4-12-34-60)74-46-54-24-14-16-26-56(54)50-78-74)48-69(63-41-39-61(67)75(62)76(63)64)83(59-31-9-3-10-32-59)73-45-53-23-13-15-25-55(53)49-77-73/h1-50H. The molecule has 0 N–H and O–H groups in total. The van der Waals surface area contributed by atoms with Crippen molar-refractivity contribution in [2.24, 2.45) is 0 Å². The van der Waals surface area contributed by atoms with Gasteiger partial charge in [-0.15, -0.1) is 0 Å². The number of anilines is 12. The van der Waals surface area contributed by atoms with Gasteiger partial charge in [-0.05, 0) is 120 Å². The zero-order chi connectivity index (χ0) is 55.5. The molecule has 16 rings (SSSR count). The van der Waals surface area contributed by atoms with Gasteiger partial charge in [0.15, 0.2) is 0 Å². The number of aromatic nitrogens is 4. The van der Waals surface area contributed by atoms with Crippen LogP contribution in [0.2, 0.25) is 0 Å². The maximum absolute atomic E-state index is 5.49. The summed E-state index contributed by atoms with van der Waals surface area (Å²) in [6.07, 6.45) is 3.98. The van der Waals surface area contributed by atoms with Crippen molar-refractivity contribution >= 4 is 144 Å². The second-order valence-electron chi connectivity index (χ2n) is 21.1. The number of rotatable bonds is 12. The van der Waals surface area contributed by atoms with E-state index in [9.17, 15) is 0 Å². The van der Waals surface area contributed by atoms with Gasteiger partial charge in [0.1, 0.15) is 23.3 Å². The van der Waals surface area contributed by atoms with E-state index in [0.29, 0.717) is 0 Å². The van der Waals surface area contributed by atoms with E-state index in [2.05, 4.69) is 311 Å². The van der Waals surface area contributed by atoms with Crippen molar-refractivity contribution < 1.29 is 0 Å². The molecule has 8 heteroatoms. The Morgan fingerprint density at radius 2 is 0.500 bits per heavy atom. The number of nitrogens with zero attached hydrogens (tertiary/aromatic N) is 8. The number of pyridine rings is 4. The average molecular weight is 1080 g/mol. The first-order valence-electron chi connectivity index (χ1n) is 28.3. The van der Waals surface area contributed by atoms with E-state index in [1.807, 2.05) is 12.4 Å². The van der Waals surface area contributed by atoms with Crippen LogP contribution in [0.4, 0.5) is 68.8 Å². The van der Waals surface area contributed by atoms with Gasteiger partial charge in [-0.3, -0.25) is 19.6 Å². The monoisotopic (exact) mass is 1070 g/mol. The summed E-state index contributed by atoms with van der Waals surface area (Å²) in [6.45, 7) is 0. The molecule has 0 unspecified atom stereocenters. The molecule has 0 aliphatic carbocycles. The quantitative estimate of drug-likeness (QED) is 0.112. The normalized spacial score (nSPS) is 11.6. The van der Waals surface area contributed by atoms with Gasteiger partial charge in [0.25, 0.3) is 0 Å². The Hall–Kier alpha value is -11.5. The Kier molecular flexibility index (Phi) is 11.7. The molecule has 4 heterocycles. The lowest BCUT2D eigenvalue weighted by atomic mass is 9.89. The Labute approximate surface area is 485 Å². The molecule has 0 radical (unpaired) electrons. The number of hydrogen-bond donors (Lipinski definition) is 0. The third-order valence-corrected chi connectivity index (χ3v) is 16.1. The van der Waals surface area contributed by atoms with E-state index in [0.717, 1.165) is 144 Å². The Morgan fingerprint density at radius 3 is 0.845 bits per heavy atom. The van der Waals surface area contributed by atoms with Crippen LogP contribution in [0.15, 0.2) is 304 Å². The zero-order valence-corrected chi connectivity index (χ0v) is 45.4. The van der Waals surface area contributed by atoms with Gasteiger partial charge in [-0.2, -0.15) is 0 Å². The third kappa shape index (κ3) is 8.31. The van der Waals surface area contributed by atoms with Crippen LogP contribution in [0.3, 0.4) is 0 Å². The molecule has 394 valence electrons. The fraction of sp³-hybridized carbons (Fsp3) is 0. The Bertz CT molecular complexity index is 4480. The maximum Gasteiger partial charge on any atom is 0.138 e. The van der Waals surface area contributed by atoms with Crippen LogP contribution < -0.4 is 19.6 Å². The molecule has 0 aliphatic heterocycles. The molecule has 0 bridgehead atoms. The van der Waals surface area contributed by atoms with E-state index in [1.165, 1.54) is 0 Å². The molecule has 12 aromatic carbocycles. The lowest BCUT2D eigenvalue weighted by molar-refractivity contribution is 1.18. The molecule has 84 heavy (non-hydrogen) atoms. The fourth-order valence-electron chi connectivity index (χ4n) is 12.3. The first-order valence-corrected chi connectivity index (χ1v) is 28.3. The molecule has 0 aliphatic rings. The van der Waals surface area contributed by atoms with Gasteiger partial charge in [0.2, 0.25) is 0 Å². The van der Waals surface area contributed by atoms with Crippen LogP contribution in [0, 0.1) is 0 Å². The number of para-hydroxylation sites is 6. The molecular weight excluding hydrogens is 1020 g/mol. The Balaban J connectivity index is 1.09. The minimum Gasteiger partial charge on any atom is -0.294 e. The van der Waals surface area contributed by atoms with Crippen molar-refractivity contribution in [2.45, 2.75) is 0 Å². The van der Waals surface area contributed by atoms with Crippen LogP contribution in [0.5, 0.6) is 0 Å². The molecule has 4 aromatic heterocycles. The van der Waals surface area contributed by atoms with Crippen molar-refractivity contribution in [1.29, 1.82) is 0 Å². The highest BCUT2D eigenvalue weighted by Gasteiger charge is 2.30. The minimum atomic E-state index is 0.785.